The molecule has 0 saturated heterocycles. The number of thioether (sulfide) groups is 1. The Morgan fingerprint density at radius 1 is 0.784 bits per heavy atom. The lowest BCUT2D eigenvalue weighted by molar-refractivity contribution is -0.137. The lowest BCUT2D eigenvalue weighted by atomic mass is 10.00. The molecule has 37 heavy (non-hydrogen) atoms. The van der Waals surface area contributed by atoms with Crippen LogP contribution in [0.25, 0.3) is 5.57 Å². The number of nitrogens with one attached hydrogen (secondary N) is 1. The molecule has 4 nitrogen and oxygen atoms in total. The molecule has 0 aromatic heterocycles. The molecule has 3 aromatic rings. The SMILES string of the molecule is C=C(c1ccccc1)c1ccc(SC[C@H](CCC(=O)O)NC(=O)CCCCCCc2ccccc2)cc1. The van der Waals surface area contributed by atoms with Gasteiger partial charge in [-0.1, -0.05) is 92.2 Å². The minimum atomic E-state index is -0.841. The Kier molecular flexibility index (Phi) is 12.0. The molecule has 0 unspecified atom stereocenters. The summed E-state index contributed by atoms with van der Waals surface area (Å²) in [5.74, 6) is -0.199. The maximum Gasteiger partial charge on any atom is 0.303 e. The van der Waals surface area contributed by atoms with Crippen molar-refractivity contribution in [1.29, 1.82) is 0 Å². The highest BCUT2D eigenvalue weighted by Crippen LogP contribution is 2.26. The monoisotopic (exact) mass is 515 g/mol. The molecule has 0 fully saturated rings. The summed E-state index contributed by atoms with van der Waals surface area (Å²) in [4.78, 5) is 24.8. The average molecular weight is 516 g/mol. The van der Waals surface area contributed by atoms with E-state index in [2.05, 4.69) is 60.4 Å². The minimum absolute atomic E-state index is 0.00792. The Hall–Kier alpha value is -3.31. The summed E-state index contributed by atoms with van der Waals surface area (Å²) >= 11 is 1.63. The standard InChI is InChI=1S/C32H37NO3S/c1-25(27-15-9-5-10-16-27)28-18-21-30(22-19-28)37-24-29(20-23-32(35)36)33-31(34)17-11-3-2-6-12-26-13-7-4-8-14-26/h4-5,7-10,13-16,18-19,21-22,29H,1-3,6,11-12,17,20,23-24H2,(H,33,34)(H,35,36)/t29-/m0/s1. The average Bonchev–Trinajstić information content (AvgIpc) is 2.93. The number of amides is 1. The molecule has 1 amide bonds. The van der Waals surface area contributed by atoms with Crippen LogP contribution in [0.1, 0.15) is 61.6 Å². The zero-order chi connectivity index (χ0) is 26.3. The van der Waals surface area contributed by atoms with Crippen molar-refractivity contribution in [3.63, 3.8) is 0 Å². The fourth-order valence-electron chi connectivity index (χ4n) is 4.16. The molecule has 0 spiro atoms. The van der Waals surface area contributed by atoms with Gasteiger partial charge in [-0.05, 0) is 60.1 Å². The fourth-order valence-corrected chi connectivity index (χ4v) is 5.13. The number of benzene rings is 3. The van der Waals surface area contributed by atoms with Crippen LogP contribution in [0.3, 0.4) is 0 Å². The number of hydrogen-bond acceptors (Lipinski definition) is 3. The molecule has 1 atom stereocenters. The van der Waals surface area contributed by atoms with E-state index in [1.54, 1.807) is 11.8 Å². The Bertz CT molecular complexity index is 1110. The predicted molar refractivity (Wildman–Crippen MR) is 154 cm³/mol. The van der Waals surface area contributed by atoms with Crippen molar-refractivity contribution in [2.45, 2.75) is 62.3 Å². The first-order valence-corrected chi connectivity index (χ1v) is 14.0. The zero-order valence-corrected chi connectivity index (χ0v) is 22.2. The van der Waals surface area contributed by atoms with Gasteiger partial charge in [-0.2, -0.15) is 0 Å². The molecule has 5 heteroatoms. The van der Waals surface area contributed by atoms with Gasteiger partial charge in [-0.3, -0.25) is 9.59 Å². The zero-order valence-electron chi connectivity index (χ0n) is 21.4. The second-order valence-corrected chi connectivity index (χ2v) is 10.4. The number of aryl methyl sites for hydroxylation is 1. The smallest absolute Gasteiger partial charge is 0.303 e. The molecule has 2 N–H and O–H groups in total. The third-order valence-corrected chi connectivity index (χ3v) is 7.48. The molecule has 3 rings (SSSR count). The Balaban J connectivity index is 1.41. The van der Waals surface area contributed by atoms with Crippen molar-refractivity contribution in [1.82, 2.24) is 5.32 Å². The third-order valence-electron chi connectivity index (χ3n) is 6.31. The van der Waals surface area contributed by atoms with E-state index < -0.39 is 5.97 Å². The summed E-state index contributed by atoms with van der Waals surface area (Å²) in [5.41, 5.74) is 4.49. The third kappa shape index (κ3) is 10.7. The number of hydrogen-bond donors (Lipinski definition) is 2. The number of rotatable bonds is 16. The number of carbonyl (C=O) groups excluding carboxylic acids is 1. The summed E-state index contributed by atoms with van der Waals surface area (Å²) in [6.45, 7) is 4.22. The molecule has 0 radical (unpaired) electrons. The van der Waals surface area contributed by atoms with Crippen LogP contribution in [0.5, 0.6) is 0 Å². The molecule has 0 aliphatic heterocycles. The normalized spacial score (nSPS) is 11.6. The van der Waals surface area contributed by atoms with Crippen LogP contribution in [0.15, 0.2) is 96.4 Å². The van der Waals surface area contributed by atoms with Crippen LogP contribution in [-0.2, 0) is 16.0 Å². The largest absolute Gasteiger partial charge is 0.481 e. The van der Waals surface area contributed by atoms with Crippen LogP contribution in [0.4, 0.5) is 0 Å². The highest BCUT2D eigenvalue weighted by molar-refractivity contribution is 7.99. The molecule has 0 aliphatic carbocycles. The van der Waals surface area contributed by atoms with Gasteiger partial charge in [0.1, 0.15) is 0 Å². The molecule has 194 valence electrons. The van der Waals surface area contributed by atoms with Crippen LogP contribution < -0.4 is 5.32 Å². The van der Waals surface area contributed by atoms with Gasteiger partial charge in [-0.15, -0.1) is 11.8 Å². The van der Waals surface area contributed by atoms with E-state index in [1.165, 1.54) is 5.56 Å². The summed E-state index contributed by atoms with van der Waals surface area (Å²) in [6, 6.07) is 28.6. The van der Waals surface area contributed by atoms with Gasteiger partial charge in [0.05, 0.1) is 0 Å². The minimum Gasteiger partial charge on any atom is -0.481 e. The van der Waals surface area contributed by atoms with E-state index in [0.29, 0.717) is 18.6 Å². The predicted octanol–water partition coefficient (Wildman–Crippen LogP) is 7.38. The van der Waals surface area contributed by atoms with Gasteiger partial charge < -0.3 is 10.4 Å². The van der Waals surface area contributed by atoms with E-state index in [9.17, 15) is 9.59 Å². The number of carbonyl (C=O) groups is 2. The lowest BCUT2D eigenvalue weighted by Crippen LogP contribution is -2.37. The topological polar surface area (TPSA) is 66.4 Å². The van der Waals surface area contributed by atoms with E-state index in [-0.39, 0.29) is 18.4 Å². The van der Waals surface area contributed by atoms with Crippen LogP contribution in [-0.4, -0.2) is 28.8 Å². The molecule has 0 bridgehead atoms. The molecule has 0 heterocycles. The summed E-state index contributed by atoms with van der Waals surface area (Å²) in [6.07, 6.45) is 6.13. The van der Waals surface area contributed by atoms with Crippen molar-refractivity contribution in [3.05, 3.63) is 108 Å². The van der Waals surface area contributed by atoms with E-state index in [4.69, 9.17) is 5.11 Å². The van der Waals surface area contributed by atoms with Crippen molar-refractivity contribution >= 4 is 29.2 Å². The molecule has 0 aliphatic rings. The van der Waals surface area contributed by atoms with E-state index in [1.807, 2.05) is 36.4 Å². The fraction of sp³-hybridized carbons (Fsp3) is 0.312. The Morgan fingerprint density at radius 2 is 1.41 bits per heavy atom. The van der Waals surface area contributed by atoms with Crippen molar-refractivity contribution in [2.24, 2.45) is 0 Å². The van der Waals surface area contributed by atoms with Gasteiger partial charge >= 0.3 is 5.97 Å². The summed E-state index contributed by atoms with van der Waals surface area (Å²) in [7, 11) is 0. The number of aliphatic carboxylic acids is 1. The van der Waals surface area contributed by atoms with Gasteiger partial charge in [0.2, 0.25) is 5.91 Å². The highest BCUT2D eigenvalue weighted by atomic mass is 32.2. The highest BCUT2D eigenvalue weighted by Gasteiger charge is 2.15. The van der Waals surface area contributed by atoms with Crippen LogP contribution >= 0.6 is 11.8 Å². The number of carboxylic acids is 1. The summed E-state index contributed by atoms with van der Waals surface area (Å²) in [5, 5.41) is 12.2. The van der Waals surface area contributed by atoms with E-state index >= 15 is 0 Å². The molecular formula is C32H37NO3S. The van der Waals surface area contributed by atoms with Gasteiger partial charge in [-0.25, -0.2) is 0 Å². The first-order valence-electron chi connectivity index (χ1n) is 13.0. The van der Waals surface area contributed by atoms with Crippen molar-refractivity contribution in [2.75, 3.05) is 5.75 Å². The first-order chi connectivity index (χ1) is 18.0. The number of unbranched alkanes of at least 4 members (excludes halogenated alkanes) is 3. The van der Waals surface area contributed by atoms with Gasteiger partial charge in [0, 0.05) is 29.5 Å². The van der Waals surface area contributed by atoms with Crippen LogP contribution in [0.2, 0.25) is 0 Å². The van der Waals surface area contributed by atoms with Gasteiger partial charge in [0.25, 0.3) is 0 Å². The van der Waals surface area contributed by atoms with Crippen molar-refractivity contribution < 1.29 is 14.7 Å². The van der Waals surface area contributed by atoms with E-state index in [0.717, 1.165) is 53.7 Å². The lowest BCUT2D eigenvalue weighted by Gasteiger charge is -2.18. The van der Waals surface area contributed by atoms with Crippen LogP contribution in [0, 0.1) is 0 Å². The van der Waals surface area contributed by atoms with Crippen molar-refractivity contribution in [3.8, 4) is 0 Å². The summed E-state index contributed by atoms with van der Waals surface area (Å²) < 4.78 is 0. The Morgan fingerprint density at radius 3 is 2.08 bits per heavy atom. The molecular weight excluding hydrogens is 478 g/mol. The Labute approximate surface area is 225 Å². The maximum absolute atomic E-state index is 12.5. The first kappa shape index (κ1) is 28.3. The van der Waals surface area contributed by atoms with Gasteiger partial charge in [0.15, 0.2) is 0 Å². The second kappa shape index (κ2) is 15.7. The molecule has 0 saturated carbocycles. The number of carboxylic acid groups (broad SMARTS) is 1. The second-order valence-electron chi connectivity index (χ2n) is 9.28. The molecule has 3 aromatic carbocycles. The maximum atomic E-state index is 12.5. The quantitative estimate of drug-likeness (QED) is 0.154.